The Kier molecular flexibility index (Phi) is 8.02. The Morgan fingerprint density at radius 1 is 1.03 bits per heavy atom. The van der Waals surface area contributed by atoms with Gasteiger partial charge in [0.2, 0.25) is 0 Å². The summed E-state index contributed by atoms with van der Waals surface area (Å²) >= 11 is 0. The van der Waals surface area contributed by atoms with Crippen molar-refractivity contribution in [3.63, 3.8) is 0 Å². The Hall–Kier alpha value is -1.00. The number of H-pyrrole nitrogens is 1. The summed E-state index contributed by atoms with van der Waals surface area (Å²) in [5, 5.41) is 2.61. The lowest BCUT2D eigenvalue weighted by Gasteiger charge is -2.20. The molecular formula is C8H16N4O15P4. The molecule has 31 heavy (non-hydrogen) atoms. The summed E-state index contributed by atoms with van der Waals surface area (Å²) in [5.74, 6) is -0.0603. The van der Waals surface area contributed by atoms with Gasteiger partial charge in [-0.1, -0.05) is 0 Å². The molecule has 0 spiro atoms. The molecule has 0 saturated carbocycles. The van der Waals surface area contributed by atoms with Crippen LogP contribution in [0, 0.1) is 0 Å². The number of aromatic amines is 1. The van der Waals surface area contributed by atoms with Crippen molar-refractivity contribution < 1.29 is 64.9 Å². The fourth-order valence-corrected chi connectivity index (χ4v) is 6.60. The molecule has 1 saturated heterocycles. The van der Waals surface area contributed by atoms with Gasteiger partial charge in [0.15, 0.2) is 12.1 Å². The average molecular weight is 532 g/mol. The largest absolute Gasteiger partial charge is 0.490 e. The summed E-state index contributed by atoms with van der Waals surface area (Å²) in [7, 11) is -22.9. The van der Waals surface area contributed by atoms with Crippen molar-refractivity contribution in [3.05, 3.63) is 16.7 Å². The molecule has 23 heteroatoms. The summed E-state index contributed by atoms with van der Waals surface area (Å²) in [6, 6.07) is 0. The normalized spacial score (nSPS) is 25.3. The van der Waals surface area contributed by atoms with Gasteiger partial charge >= 0.3 is 31.3 Å². The number of nitrogens with zero attached hydrogens (tertiary/aromatic N) is 1. The van der Waals surface area contributed by atoms with Crippen LogP contribution in [0.4, 0.5) is 11.5 Å². The van der Waals surface area contributed by atoms with Gasteiger partial charge in [-0.05, 0) is 6.42 Å². The second-order valence-electron chi connectivity index (χ2n) is 5.52. The fraction of sp³-hybridized carbons (Fsp3) is 0.500. The summed E-state index contributed by atoms with van der Waals surface area (Å²) < 4.78 is 65.4. The molecule has 1 aliphatic heterocycles. The van der Waals surface area contributed by atoms with Crippen molar-refractivity contribution in [2.24, 2.45) is 0 Å². The Balaban J connectivity index is 1.95. The second kappa shape index (κ2) is 9.47. The number of nitrogens with one attached hydrogen (secondary N) is 2. The van der Waals surface area contributed by atoms with Crippen molar-refractivity contribution in [2.45, 2.75) is 25.4 Å². The van der Waals surface area contributed by atoms with E-state index in [0.717, 1.165) is 6.33 Å². The minimum Gasteiger partial charge on any atom is -0.391 e. The zero-order chi connectivity index (χ0) is 23.7. The van der Waals surface area contributed by atoms with Crippen LogP contribution < -0.4 is 16.6 Å². The zero-order valence-electron chi connectivity index (χ0n) is 14.8. The van der Waals surface area contributed by atoms with E-state index in [1.807, 2.05) is 0 Å². The van der Waals surface area contributed by atoms with Crippen LogP contribution in [0.2, 0.25) is 0 Å². The van der Waals surface area contributed by atoms with E-state index in [2.05, 4.69) is 32.7 Å². The Morgan fingerprint density at radius 3 is 2.23 bits per heavy atom. The summed E-state index contributed by atoms with van der Waals surface area (Å²) in [5.41, 5.74) is 4.61. The van der Waals surface area contributed by atoms with Crippen LogP contribution in [0.5, 0.6) is 0 Å². The number of nitrogens with two attached hydrogens (primary N) is 1. The van der Waals surface area contributed by atoms with E-state index in [0.29, 0.717) is 0 Å². The maximum Gasteiger partial charge on any atom is 0.490 e. The van der Waals surface area contributed by atoms with Crippen LogP contribution in [0.15, 0.2) is 11.1 Å². The molecule has 2 rings (SSSR count). The molecule has 1 aromatic rings. The van der Waals surface area contributed by atoms with Gasteiger partial charge in [-0.3, -0.25) is 9.32 Å². The van der Waals surface area contributed by atoms with Gasteiger partial charge < -0.3 is 45.2 Å². The quantitative estimate of drug-likeness (QED) is 0.179. The molecule has 0 radical (unpaired) electrons. The maximum absolute atomic E-state index is 11.9. The standard InChI is InChI=1S/C8H16N4O15P4/c9-6-7(10-3-11-8(6)13)12-4-1-2-5(23-4)24-29(17,18)26-31(21,22)27-30(19,20)25-28(14,15)16/h3-5H,1-2,9H2,(H,17,18)(H,19,20)(H,21,22)(H2,14,15,16)(H2,10,11,12,13). The first-order valence-corrected chi connectivity index (χ1v) is 13.6. The van der Waals surface area contributed by atoms with E-state index in [1.165, 1.54) is 0 Å². The Bertz CT molecular complexity index is 1050. The van der Waals surface area contributed by atoms with E-state index in [4.69, 9.17) is 25.2 Å². The van der Waals surface area contributed by atoms with Gasteiger partial charge in [-0.15, -0.1) is 0 Å². The van der Waals surface area contributed by atoms with E-state index < -0.39 is 49.4 Å². The SMILES string of the molecule is Nc1c(NC2CCC(OP(=O)(O)OP(=O)(O)OP(=O)(O)OP(=O)(O)O)O2)nc[nH]c1=O. The van der Waals surface area contributed by atoms with Crippen molar-refractivity contribution in [1.29, 1.82) is 0 Å². The van der Waals surface area contributed by atoms with E-state index in [1.54, 1.807) is 0 Å². The molecule has 19 nitrogen and oxygen atoms in total. The highest BCUT2D eigenvalue weighted by atomic mass is 31.3. The number of phosphoric ester groups is 1. The second-order valence-corrected chi connectivity index (χ2v) is 11.5. The first-order chi connectivity index (χ1) is 14.0. The van der Waals surface area contributed by atoms with Crippen LogP contribution >= 0.6 is 31.3 Å². The number of anilines is 2. The lowest BCUT2D eigenvalue weighted by Crippen LogP contribution is -2.24. The smallest absolute Gasteiger partial charge is 0.391 e. The van der Waals surface area contributed by atoms with Crippen molar-refractivity contribution in [1.82, 2.24) is 9.97 Å². The predicted octanol–water partition coefficient (Wildman–Crippen LogP) is -0.313. The van der Waals surface area contributed by atoms with E-state index in [-0.39, 0.29) is 24.3 Å². The van der Waals surface area contributed by atoms with Crippen molar-refractivity contribution in [3.8, 4) is 0 Å². The van der Waals surface area contributed by atoms with E-state index in [9.17, 15) is 32.8 Å². The fourth-order valence-electron chi connectivity index (χ4n) is 2.06. The van der Waals surface area contributed by atoms with Crippen LogP contribution in [0.3, 0.4) is 0 Å². The third-order valence-electron chi connectivity index (χ3n) is 3.04. The van der Waals surface area contributed by atoms with Crippen LogP contribution in [-0.4, -0.2) is 47.0 Å². The molecule has 0 amide bonds. The molecule has 5 unspecified atom stereocenters. The van der Waals surface area contributed by atoms with Crippen molar-refractivity contribution >= 4 is 42.8 Å². The lowest BCUT2D eigenvalue weighted by atomic mass is 10.3. The molecule has 0 aliphatic carbocycles. The van der Waals surface area contributed by atoms with Crippen LogP contribution in [0.25, 0.3) is 0 Å². The number of hydrogen-bond acceptors (Lipinski definition) is 13. The number of rotatable bonds is 10. The monoisotopic (exact) mass is 532 g/mol. The van der Waals surface area contributed by atoms with E-state index >= 15 is 0 Å². The third-order valence-corrected chi connectivity index (χ3v) is 8.52. The topological polar surface area (TPSA) is 299 Å². The zero-order valence-corrected chi connectivity index (χ0v) is 18.4. The maximum atomic E-state index is 11.9. The summed E-state index contributed by atoms with van der Waals surface area (Å²) in [4.78, 5) is 62.1. The number of ether oxygens (including phenoxy) is 1. The first-order valence-electron chi connectivity index (χ1n) is 7.58. The molecule has 0 bridgehead atoms. The molecule has 0 aromatic carbocycles. The summed E-state index contributed by atoms with van der Waals surface area (Å²) in [6.07, 6.45) is -1.34. The van der Waals surface area contributed by atoms with Crippen LogP contribution in [0.1, 0.15) is 12.8 Å². The molecular weight excluding hydrogens is 516 g/mol. The summed E-state index contributed by atoms with van der Waals surface area (Å²) in [6.45, 7) is 0. The highest BCUT2D eigenvalue weighted by molar-refractivity contribution is 7.69. The van der Waals surface area contributed by atoms with Gasteiger partial charge in [0, 0.05) is 6.42 Å². The van der Waals surface area contributed by atoms with Crippen molar-refractivity contribution in [2.75, 3.05) is 11.1 Å². The Morgan fingerprint density at radius 2 is 1.61 bits per heavy atom. The molecule has 9 N–H and O–H groups in total. The number of aromatic nitrogens is 2. The van der Waals surface area contributed by atoms with Gasteiger partial charge in [-0.2, -0.15) is 12.9 Å². The highest BCUT2D eigenvalue weighted by Gasteiger charge is 2.46. The number of nitrogen functional groups attached to an aromatic ring is 1. The third kappa shape index (κ3) is 8.81. The highest BCUT2D eigenvalue weighted by Crippen LogP contribution is 2.71. The van der Waals surface area contributed by atoms with Gasteiger partial charge in [0.05, 0.1) is 6.33 Å². The number of phosphoric acid groups is 4. The molecule has 2 heterocycles. The molecule has 178 valence electrons. The minimum absolute atomic E-state index is 0.0603. The predicted molar refractivity (Wildman–Crippen MR) is 96.6 cm³/mol. The molecule has 1 fully saturated rings. The van der Waals surface area contributed by atoms with Crippen LogP contribution in [-0.2, 0) is 40.5 Å². The lowest BCUT2D eigenvalue weighted by molar-refractivity contribution is -0.0767. The first kappa shape index (κ1) is 26.3. The molecule has 1 aliphatic rings. The minimum atomic E-state index is -5.92. The molecule has 1 aromatic heterocycles. The average Bonchev–Trinajstić information content (AvgIpc) is 2.93. The molecule has 5 atom stereocenters. The number of hydrogen-bond donors (Lipinski definition) is 8. The van der Waals surface area contributed by atoms with Gasteiger partial charge in [0.1, 0.15) is 11.9 Å². The Labute approximate surface area is 171 Å². The van der Waals surface area contributed by atoms with Gasteiger partial charge in [-0.25, -0.2) is 23.2 Å². The van der Waals surface area contributed by atoms with Gasteiger partial charge in [0.25, 0.3) is 5.56 Å².